The second kappa shape index (κ2) is 7.67. The van der Waals surface area contributed by atoms with Gasteiger partial charge in [-0.1, -0.05) is 11.4 Å². The van der Waals surface area contributed by atoms with E-state index in [9.17, 15) is 9.59 Å². The smallest absolute Gasteiger partial charge is 0.259 e. The molecule has 4 rings (SSSR count). The van der Waals surface area contributed by atoms with E-state index >= 15 is 0 Å². The molecule has 4 heterocycles. The van der Waals surface area contributed by atoms with Gasteiger partial charge in [-0.3, -0.25) is 9.59 Å². The van der Waals surface area contributed by atoms with Gasteiger partial charge >= 0.3 is 0 Å². The van der Waals surface area contributed by atoms with Crippen LogP contribution in [0, 0.1) is 12.4 Å². The maximum atomic E-state index is 12.9. The Morgan fingerprint density at radius 1 is 0.692 bits per heavy atom. The molecule has 8 heteroatoms. The molecule has 0 bridgehead atoms. The van der Waals surface area contributed by atoms with Gasteiger partial charge in [-0.25, -0.2) is 0 Å². The van der Waals surface area contributed by atoms with Gasteiger partial charge in [0.25, 0.3) is 11.8 Å². The number of fused-ring (bicyclic) bond motifs is 1. The molecule has 2 aromatic heterocycles. The molecule has 2 aromatic rings. The molecule has 2 amide bonds. The number of hydrogen-bond donors (Lipinski definition) is 0. The van der Waals surface area contributed by atoms with Crippen molar-refractivity contribution in [3.63, 3.8) is 0 Å². The normalized spacial score (nSPS) is 16.3. The van der Waals surface area contributed by atoms with Crippen LogP contribution in [0.4, 0.5) is 0 Å². The van der Waals surface area contributed by atoms with Crippen LogP contribution in [0.3, 0.4) is 0 Å². The Hall–Kier alpha value is -0.812. The average Bonchev–Trinajstić information content (AvgIpc) is 3.26. The third-order valence-corrected chi connectivity index (χ3v) is 4.66. The minimum atomic E-state index is -0.171. The number of amides is 2. The summed E-state index contributed by atoms with van der Waals surface area (Å²) in [5.41, 5.74) is 3.75. The van der Waals surface area contributed by atoms with E-state index in [1.165, 1.54) is 0 Å². The molecule has 0 aliphatic carbocycles. The number of aryl methyl sites for hydroxylation is 2. The Balaban J connectivity index is 0.00000121. The number of aromatic nitrogens is 2. The van der Waals surface area contributed by atoms with E-state index in [0.717, 1.165) is 11.4 Å². The van der Waals surface area contributed by atoms with E-state index in [1.807, 2.05) is 26.2 Å². The Morgan fingerprint density at radius 2 is 1.04 bits per heavy atom. The van der Waals surface area contributed by atoms with Crippen molar-refractivity contribution in [3.05, 3.63) is 59.2 Å². The van der Waals surface area contributed by atoms with Crippen molar-refractivity contribution in [3.8, 4) is 0 Å². The summed E-state index contributed by atoms with van der Waals surface area (Å²) in [6.07, 6.45) is 6.06. The summed E-state index contributed by atoms with van der Waals surface area (Å²) in [5.74, 6) is -0.342. The van der Waals surface area contributed by atoms with E-state index in [1.54, 1.807) is 45.2 Å². The summed E-state index contributed by atoms with van der Waals surface area (Å²) in [6, 6.07) is 7.27. The van der Waals surface area contributed by atoms with Gasteiger partial charge in [0.15, 0.2) is 0 Å². The van der Waals surface area contributed by atoms with Crippen molar-refractivity contribution in [1.29, 1.82) is 0 Å². The molecule has 26 heavy (non-hydrogen) atoms. The van der Waals surface area contributed by atoms with Crippen LogP contribution in [0.25, 0.3) is 11.4 Å². The molecule has 0 aromatic carbocycles. The van der Waals surface area contributed by atoms with Crippen molar-refractivity contribution in [2.75, 3.05) is 14.1 Å². The maximum Gasteiger partial charge on any atom is 0.259 e. The molecule has 2 aliphatic rings. The van der Waals surface area contributed by atoms with Gasteiger partial charge in [-0.05, 0) is 14.1 Å². The van der Waals surface area contributed by atoms with Crippen molar-refractivity contribution in [2.24, 2.45) is 14.1 Å². The summed E-state index contributed by atoms with van der Waals surface area (Å²) < 4.78 is 3.58. The molecular formula is C18H16N4O2Y2-2. The first-order valence-electron chi connectivity index (χ1n) is 7.56. The average molecular weight is 498 g/mol. The zero-order chi connectivity index (χ0) is 17.2. The molecule has 6 nitrogen and oxygen atoms in total. The number of rotatable bonds is 2. The van der Waals surface area contributed by atoms with E-state index < -0.39 is 0 Å². The Bertz CT molecular complexity index is 889. The summed E-state index contributed by atoms with van der Waals surface area (Å²) >= 11 is 0. The number of nitrogens with zero attached hydrogens (tertiary/aromatic N) is 4. The molecule has 0 atom stereocenters. The van der Waals surface area contributed by atoms with E-state index in [0.29, 0.717) is 22.5 Å². The molecule has 2 radical (unpaired) electrons. The van der Waals surface area contributed by atoms with Crippen LogP contribution in [-0.4, -0.2) is 44.8 Å². The Labute approximate surface area is 202 Å². The molecule has 0 saturated carbocycles. The maximum absolute atomic E-state index is 12.9. The van der Waals surface area contributed by atoms with Gasteiger partial charge in [-0.2, -0.15) is 24.3 Å². The quantitative estimate of drug-likeness (QED) is 0.582. The fraction of sp³-hybridized carbons (Fsp3) is 0.222. The van der Waals surface area contributed by atoms with Gasteiger partial charge in [-0.15, -0.1) is 12.4 Å². The fourth-order valence-electron chi connectivity index (χ4n) is 3.42. The minimum absolute atomic E-state index is 0. The van der Waals surface area contributed by atoms with E-state index in [2.05, 4.69) is 12.4 Å². The fourth-order valence-corrected chi connectivity index (χ4v) is 3.42. The topological polar surface area (TPSA) is 50.5 Å². The van der Waals surface area contributed by atoms with Gasteiger partial charge in [0, 0.05) is 90.9 Å². The largest absolute Gasteiger partial charge is 0.465 e. The third-order valence-electron chi connectivity index (χ3n) is 4.66. The molecule has 128 valence electrons. The molecule has 0 unspecified atom stereocenters. The van der Waals surface area contributed by atoms with Gasteiger partial charge in [0.2, 0.25) is 0 Å². The first-order chi connectivity index (χ1) is 11.4. The summed E-state index contributed by atoms with van der Waals surface area (Å²) in [6.45, 7) is 0. The predicted molar refractivity (Wildman–Crippen MR) is 87.9 cm³/mol. The van der Waals surface area contributed by atoms with E-state index in [4.69, 9.17) is 0 Å². The van der Waals surface area contributed by atoms with Crippen molar-refractivity contribution in [1.82, 2.24) is 18.9 Å². The first kappa shape index (κ1) is 21.5. The van der Waals surface area contributed by atoms with Crippen LogP contribution >= 0.6 is 0 Å². The number of likely N-dealkylation sites (N-methyl/N-ethyl adjacent to an activating group) is 2. The number of carbonyl (C=O) groups excluding carboxylic acids is 2. The molecule has 0 saturated heterocycles. The Morgan fingerprint density at radius 3 is 1.31 bits per heavy atom. The Kier molecular flexibility index (Phi) is 6.34. The van der Waals surface area contributed by atoms with Gasteiger partial charge in [0.1, 0.15) is 0 Å². The predicted octanol–water partition coefficient (Wildman–Crippen LogP) is 1.03. The molecule has 0 N–H and O–H groups in total. The molecular weight excluding hydrogens is 482 g/mol. The first-order valence-corrected chi connectivity index (χ1v) is 7.56. The molecule has 0 fully saturated rings. The van der Waals surface area contributed by atoms with Crippen LogP contribution in [0.1, 0.15) is 11.4 Å². The van der Waals surface area contributed by atoms with E-state index in [-0.39, 0.29) is 77.2 Å². The van der Waals surface area contributed by atoms with Gasteiger partial charge in [0.05, 0.1) is 11.1 Å². The van der Waals surface area contributed by atoms with Crippen LogP contribution in [0.2, 0.25) is 0 Å². The van der Waals surface area contributed by atoms with Crippen LogP contribution in [0.15, 0.2) is 35.4 Å². The number of carbonyl (C=O) groups is 2. The standard InChI is InChI=1S/C18H16N4O2.2Y/c1-19-9-5-7-11(19)15-13-14(18(24)21(15)3)16(22(4)17(13)23)12-8-6-10-20(12)2;;/h5-8H,1-4H3;;/q-2;;. The molecule has 0 spiro atoms. The third kappa shape index (κ3) is 2.86. The summed E-state index contributed by atoms with van der Waals surface area (Å²) in [5, 5.41) is 0. The van der Waals surface area contributed by atoms with Crippen LogP contribution in [0.5, 0.6) is 0 Å². The van der Waals surface area contributed by atoms with Crippen molar-refractivity contribution < 1.29 is 75.0 Å². The number of hydrogen-bond acceptors (Lipinski definition) is 2. The zero-order valence-corrected chi connectivity index (χ0v) is 20.7. The van der Waals surface area contributed by atoms with Crippen LogP contribution in [-0.2, 0) is 89.1 Å². The van der Waals surface area contributed by atoms with Crippen molar-refractivity contribution >= 4 is 23.2 Å². The second-order valence-corrected chi connectivity index (χ2v) is 5.99. The summed E-state index contributed by atoms with van der Waals surface area (Å²) in [4.78, 5) is 28.9. The zero-order valence-electron chi connectivity index (χ0n) is 15.1. The van der Waals surface area contributed by atoms with Crippen molar-refractivity contribution in [2.45, 2.75) is 0 Å². The SMILES string of the molecule is CN1C(=O)C2=C(c3cc[c-]n3C)N(C)C(=O)C2=C1c1cc[c-]n1C.[Y].[Y]. The van der Waals surface area contributed by atoms with Crippen LogP contribution < -0.4 is 0 Å². The molecule has 2 aliphatic heterocycles. The van der Waals surface area contributed by atoms with Gasteiger partial charge < -0.3 is 18.9 Å². The second-order valence-electron chi connectivity index (χ2n) is 5.99. The summed E-state index contributed by atoms with van der Waals surface area (Å²) in [7, 11) is 7.09. The monoisotopic (exact) mass is 498 g/mol. The minimum Gasteiger partial charge on any atom is -0.465 e.